The van der Waals surface area contributed by atoms with Gasteiger partial charge in [0.2, 0.25) is 5.91 Å². The fourth-order valence-electron chi connectivity index (χ4n) is 4.88. The lowest BCUT2D eigenvalue weighted by Crippen LogP contribution is -2.30. The van der Waals surface area contributed by atoms with Crippen molar-refractivity contribution in [1.82, 2.24) is 14.8 Å². The summed E-state index contributed by atoms with van der Waals surface area (Å²) in [5.41, 5.74) is 8.10. The van der Waals surface area contributed by atoms with Gasteiger partial charge >= 0.3 is 12.1 Å². The summed E-state index contributed by atoms with van der Waals surface area (Å²) in [6.45, 7) is 6.22. The summed E-state index contributed by atoms with van der Waals surface area (Å²) in [5.74, 6) is 0.417. The van der Waals surface area contributed by atoms with Gasteiger partial charge in [0.05, 0.1) is 31.1 Å². The number of pyridine rings is 1. The van der Waals surface area contributed by atoms with Crippen LogP contribution in [0.3, 0.4) is 0 Å². The highest BCUT2D eigenvalue weighted by Crippen LogP contribution is 2.36. The molecule has 1 aliphatic heterocycles. The van der Waals surface area contributed by atoms with Gasteiger partial charge in [0.15, 0.2) is 11.6 Å². The van der Waals surface area contributed by atoms with Crippen LogP contribution < -0.4 is 15.4 Å². The van der Waals surface area contributed by atoms with Crippen molar-refractivity contribution in [2.75, 3.05) is 17.2 Å². The average Bonchev–Trinajstić information content (AvgIpc) is 3.59. The number of aromatic nitrogens is 3. The van der Waals surface area contributed by atoms with E-state index in [1.54, 1.807) is 46.4 Å². The molecule has 0 spiro atoms. The number of amides is 1. The van der Waals surface area contributed by atoms with Crippen LogP contribution in [0, 0.1) is 0 Å². The number of esters is 1. The van der Waals surface area contributed by atoms with E-state index >= 15 is 0 Å². The number of carbonyl (C=O) groups is 2. The van der Waals surface area contributed by atoms with E-state index < -0.39 is 17.3 Å². The molecule has 12 heteroatoms. The van der Waals surface area contributed by atoms with Crippen molar-refractivity contribution in [2.24, 2.45) is 0 Å². The second-order valence-electron chi connectivity index (χ2n) is 11.5. The van der Waals surface area contributed by atoms with E-state index in [9.17, 15) is 22.8 Å². The van der Waals surface area contributed by atoms with Crippen LogP contribution in [-0.4, -0.2) is 38.8 Å². The number of nitrogens with two attached hydrogens (primary N) is 1. The van der Waals surface area contributed by atoms with Crippen LogP contribution >= 0.6 is 0 Å². The Morgan fingerprint density at radius 3 is 2.57 bits per heavy atom. The summed E-state index contributed by atoms with van der Waals surface area (Å²) in [7, 11) is 0. The zero-order valence-corrected chi connectivity index (χ0v) is 24.5. The van der Waals surface area contributed by atoms with Gasteiger partial charge in [-0.15, -0.1) is 0 Å². The molecule has 4 aromatic rings. The zero-order valence-electron chi connectivity index (χ0n) is 24.5. The molecule has 0 radical (unpaired) electrons. The predicted molar refractivity (Wildman–Crippen MR) is 158 cm³/mol. The number of halogens is 3. The summed E-state index contributed by atoms with van der Waals surface area (Å²) in [6.07, 6.45) is 1.19. The van der Waals surface area contributed by atoms with Gasteiger partial charge in [-0.2, -0.15) is 18.3 Å². The normalized spacial score (nSPS) is 13.1. The van der Waals surface area contributed by atoms with Gasteiger partial charge < -0.3 is 20.1 Å². The number of hydrogen-bond acceptors (Lipinski definition) is 7. The summed E-state index contributed by atoms with van der Waals surface area (Å²) in [6, 6.07) is 11.8. The number of ether oxygens (including phenoxy) is 2. The third-order valence-electron chi connectivity index (χ3n) is 6.90. The molecule has 3 heterocycles. The first kappa shape index (κ1) is 30.6. The third-order valence-corrected chi connectivity index (χ3v) is 6.90. The maximum atomic E-state index is 13.1. The Labute approximate surface area is 252 Å². The molecule has 44 heavy (non-hydrogen) atoms. The van der Waals surface area contributed by atoms with E-state index in [1.807, 2.05) is 26.8 Å². The van der Waals surface area contributed by atoms with Gasteiger partial charge in [0.1, 0.15) is 11.4 Å². The van der Waals surface area contributed by atoms with E-state index in [0.29, 0.717) is 47.8 Å². The highest BCUT2D eigenvalue weighted by atomic mass is 19.4. The lowest BCUT2D eigenvalue weighted by atomic mass is 10.1. The average molecular weight is 608 g/mol. The minimum absolute atomic E-state index is 0.145. The second-order valence-corrected chi connectivity index (χ2v) is 11.5. The van der Waals surface area contributed by atoms with E-state index in [2.05, 4.69) is 10.1 Å². The Hall–Kier alpha value is -4.87. The third kappa shape index (κ3) is 7.36. The van der Waals surface area contributed by atoms with E-state index in [1.165, 1.54) is 12.1 Å². The molecule has 1 amide bonds. The number of alkyl halides is 3. The molecule has 0 atom stereocenters. The minimum Gasteiger partial charge on any atom is -0.460 e. The summed E-state index contributed by atoms with van der Waals surface area (Å²) in [4.78, 5) is 30.9. The number of aryl methyl sites for hydroxylation is 1. The summed E-state index contributed by atoms with van der Waals surface area (Å²) < 4.78 is 52.3. The standard InChI is InChI=1S/C32H32F3N5O4/c1-31(2,3)44-29(42)10-11-39-19-23(18-38-39)22-16-27(30(36)37-17-22)43-25-7-8-26-21(15-25)9-12-40(26)28(41)14-20-5-4-6-24(13-20)32(33,34)35/h4-8,13,15-19H,9-12,14H2,1-3H3,(H2,36,37). The molecule has 230 valence electrons. The number of anilines is 2. The van der Waals surface area contributed by atoms with Crippen LogP contribution in [0.15, 0.2) is 67.1 Å². The maximum Gasteiger partial charge on any atom is 0.416 e. The first-order valence-corrected chi connectivity index (χ1v) is 14.0. The van der Waals surface area contributed by atoms with Crippen LogP contribution in [-0.2, 0) is 39.9 Å². The van der Waals surface area contributed by atoms with Gasteiger partial charge in [0.25, 0.3) is 0 Å². The Morgan fingerprint density at radius 2 is 1.82 bits per heavy atom. The number of rotatable bonds is 8. The molecule has 0 saturated heterocycles. The number of nitrogens with zero attached hydrogens (tertiary/aromatic N) is 4. The molecule has 5 rings (SSSR count). The van der Waals surface area contributed by atoms with Gasteiger partial charge in [-0.25, -0.2) is 4.98 Å². The molecule has 0 aliphatic carbocycles. The summed E-state index contributed by atoms with van der Waals surface area (Å²) >= 11 is 0. The van der Waals surface area contributed by atoms with Crippen LogP contribution in [0.4, 0.5) is 24.7 Å². The molecular weight excluding hydrogens is 575 g/mol. The summed E-state index contributed by atoms with van der Waals surface area (Å²) in [5, 5.41) is 4.33. The first-order valence-electron chi connectivity index (χ1n) is 14.0. The van der Waals surface area contributed by atoms with Gasteiger partial charge in [-0.1, -0.05) is 18.2 Å². The monoisotopic (exact) mass is 607 g/mol. The maximum absolute atomic E-state index is 13.1. The van der Waals surface area contributed by atoms with E-state index in [-0.39, 0.29) is 30.5 Å². The number of fused-ring (bicyclic) bond motifs is 1. The lowest BCUT2D eigenvalue weighted by Gasteiger charge is -2.19. The van der Waals surface area contributed by atoms with E-state index in [4.69, 9.17) is 15.2 Å². The fraction of sp³-hybridized carbons (Fsp3) is 0.312. The fourth-order valence-corrected chi connectivity index (χ4v) is 4.88. The van der Waals surface area contributed by atoms with E-state index in [0.717, 1.165) is 23.3 Å². The van der Waals surface area contributed by atoms with Crippen molar-refractivity contribution in [2.45, 2.75) is 58.4 Å². The van der Waals surface area contributed by atoms with Crippen LogP contribution in [0.25, 0.3) is 11.1 Å². The molecule has 0 saturated carbocycles. The molecule has 1 aliphatic rings. The smallest absolute Gasteiger partial charge is 0.416 e. The molecule has 9 nitrogen and oxygen atoms in total. The topological polar surface area (TPSA) is 113 Å². The minimum atomic E-state index is -4.47. The molecule has 2 aromatic carbocycles. The Bertz CT molecular complexity index is 1690. The second kappa shape index (κ2) is 12.0. The van der Waals surface area contributed by atoms with Gasteiger partial charge in [-0.3, -0.25) is 14.3 Å². The molecule has 0 fully saturated rings. The quantitative estimate of drug-likeness (QED) is 0.237. The Kier molecular flexibility index (Phi) is 8.36. The number of benzene rings is 2. The predicted octanol–water partition coefficient (Wildman–Crippen LogP) is 6.20. The number of carbonyl (C=O) groups excluding carboxylic acids is 2. The molecule has 0 bridgehead atoms. The first-order chi connectivity index (χ1) is 20.7. The zero-order chi connectivity index (χ0) is 31.6. The van der Waals surface area contributed by atoms with Crippen molar-refractivity contribution in [1.29, 1.82) is 0 Å². The molecular formula is C32H32F3N5O4. The van der Waals surface area contributed by atoms with Gasteiger partial charge in [-0.05, 0) is 68.7 Å². The van der Waals surface area contributed by atoms with Crippen LogP contribution in [0.1, 0.15) is 43.9 Å². The number of hydrogen-bond donors (Lipinski definition) is 1. The SMILES string of the molecule is CC(C)(C)OC(=O)CCn1cc(-c2cnc(N)c(Oc3ccc4c(c3)CCN4C(=O)Cc3cccc(C(F)(F)F)c3)c2)cn1. The highest BCUT2D eigenvalue weighted by molar-refractivity contribution is 5.96. The lowest BCUT2D eigenvalue weighted by molar-refractivity contribution is -0.155. The van der Waals surface area contributed by atoms with Crippen molar-refractivity contribution >= 4 is 23.4 Å². The van der Waals surface area contributed by atoms with Crippen molar-refractivity contribution < 1.29 is 32.2 Å². The number of nitrogen functional groups attached to an aromatic ring is 1. The van der Waals surface area contributed by atoms with Crippen molar-refractivity contribution in [3.63, 3.8) is 0 Å². The van der Waals surface area contributed by atoms with Crippen molar-refractivity contribution in [3.05, 3.63) is 83.8 Å². The Balaban J connectivity index is 1.25. The Morgan fingerprint density at radius 1 is 1.02 bits per heavy atom. The van der Waals surface area contributed by atoms with Gasteiger partial charge in [0, 0.05) is 35.8 Å². The van der Waals surface area contributed by atoms with Crippen LogP contribution in [0.5, 0.6) is 11.5 Å². The molecule has 2 aromatic heterocycles. The van der Waals surface area contributed by atoms with Crippen LogP contribution in [0.2, 0.25) is 0 Å². The molecule has 0 unspecified atom stereocenters. The highest BCUT2D eigenvalue weighted by Gasteiger charge is 2.31. The van der Waals surface area contributed by atoms with Crippen molar-refractivity contribution in [3.8, 4) is 22.6 Å². The largest absolute Gasteiger partial charge is 0.460 e. The molecule has 2 N–H and O–H groups in total.